The molecule has 90 valence electrons. The monoisotopic (exact) mass is 229 g/mol. The summed E-state index contributed by atoms with van der Waals surface area (Å²) in [6.45, 7) is 6.70. The highest BCUT2D eigenvalue weighted by Crippen LogP contribution is 2.22. The highest BCUT2D eigenvalue weighted by Gasteiger charge is 2.15. The molecule has 3 nitrogen and oxygen atoms in total. The molecular formula is C14H19N3. The van der Waals surface area contributed by atoms with E-state index in [0.717, 1.165) is 36.2 Å². The van der Waals surface area contributed by atoms with E-state index in [9.17, 15) is 0 Å². The van der Waals surface area contributed by atoms with Crippen molar-refractivity contribution in [3.63, 3.8) is 0 Å². The molecular weight excluding hydrogens is 210 g/mol. The van der Waals surface area contributed by atoms with Gasteiger partial charge in [-0.1, -0.05) is 31.6 Å². The number of allylic oxidation sites excluding steroid dienone is 1. The quantitative estimate of drug-likeness (QED) is 0.801. The van der Waals surface area contributed by atoms with Gasteiger partial charge in [0, 0.05) is 6.54 Å². The van der Waals surface area contributed by atoms with E-state index >= 15 is 0 Å². The molecule has 0 bridgehead atoms. The molecule has 0 aliphatic carbocycles. The zero-order valence-electron chi connectivity index (χ0n) is 10.3. The van der Waals surface area contributed by atoms with Crippen LogP contribution in [0.15, 0.2) is 36.9 Å². The van der Waals surface area contributed by atoms with Gasteiger partial charge in [0.1, 0.15) is 5.82 Å². The molecule has 1 aromatic heterocycles. The van der Waals surface area contributed by atoms with Crippen LogP contribution in [0.3, 0.4) is 0 Å². The summed E-state index contributed by atoms with van der Waals surface area (Å²) in [4.78, 5) is 4.64. The van der Waals surface area contributed by atoms with Crippen molar-refractivity contribution in [2.75, 3.05) is 0 Å². The number of rotatable bonds is 5. The second kappa shape index (κ2) is 5.15. The van der Waals surface area contributed by atoms with E-state index in [1.807, 2.05) is 24.3 Å². The minimum absolute atomic E-state index is 0.00681. The van der Waals surface area contributed by atoms with Crippen LogP contribution in [0.2, 0.25) is 0 Å². The molecule has 0 saturated heterocycles. The number of imidazole rings is 1. The van der Waals surface area contributed by atoms with Crippen molar-refractivity contribution < 1.29 is 0 Å². The lowest BCUT2D eigenvalue weighted by Gasteiger charge is -2.12. The number of hydrogen-bond acceptors (Lipinski definition) is 2. The van der Waals surface area contributed by atoms with Crippen LogP contribution in [0.25, 0.3) is 11.0 Å². The Morgan fingerprint density at radius 3 is 2.94 bits per heavy atom. The lowest BCUT2D eigenvalue weighted by molar-refractivity contribution is 0.574. The lowest BCUT2D eigenvalue weighted by atomic mass is 10.2. The van der Waals surface area contributed by atoms with Crippen molar-refractivity contribution in [3.05, 3.63) is 42.7 Å². The number of nitrogens with zero attached hydrogens (tertiary/aromatic N) is 2. The fourth-order valence-electron chi connectivity index (χ4n) is 2.14. The molecule has 0 amide bonds. The van der Waals surface area contributed by atoms with E-state index in [-0.39, 0.29) is 6.04 Å². The molecule has 17 heavy (non-hydrogen) atoms. The molecule has 0 fully saturated rings. The fourth-order valence-corrected chi connectivity index (χ4v) is 2.14. The summed E-state index contributed by atoms with van der Waals surface area (Å²) >= 11 is 0. The van der Waals surface area contributed by atoms with Gasteiger partial charge in [0.25, 0.3) is 0 Å². The summed E-state index contributed by atoms with van der Waals surface area (Å²) < 4.78 is 2.16. The Morgan fingerprint density at radius 2 is 2.24 bits per heavy atom. The normalized spacial score (nSPS) is 12.8. The van der Waals surface area contributed by atoms with Crippen molar-refractivity contribution in [3.8, 4) is 0 Å². The van der Waals surface area contributed by atoms with Gasteiger partial charge < -0.3 is 10.3 Å². The van der Waals surface area contributed by atoms with Crippen molar-refractivity contribution in [2.24, 2.45) is 5.73 Å². The average molecular weight is 229 g/mol. The van der Waals surface area contributed by atoms with Crippen molar-refractivity contribution >= 4 is 11.0 Å². The van der Waals surface area contributed by atoms with Crippen LogP contribution in [0, 0.1) is 0 Å². The number of hydrogen-bond donors (Lipinski definition) is 1. The van der Waals surface area contributed by atoms with Crippen LogP contribution in [0.1, 0.15) is 31.6 Å². The van der Waals surface area contributed by atoms with E-state index < -0.39 is 0 Å². The van der Waals surface area contributed by atoms with Crippen molar-refractivity contribution in [1.82, 2.24) is 9.55 Å². The van der Waals surface area contributed by atoms with Gasteiger partial charge in [-0.25, -0.2) is 4.98 Å². The van der Waals surface area contributed by atoms with E-state index in [1.54, 1.807) is 0 Å². The van der Waals surface area contributed by atoms with Gasteiger partial charge in [-0.15, -0.1) is 6.58 Å². The third-order valence-corrected chi connectivity index (χ3v) is 2.93. The maximum atomic E-state index is 6.18. The minimum atomic E-state index is 0.00681. The zero-order chi connectivity index (χ0) is 12.3. The summed E-state index contributed by atoms with van der Waals surface area (Å²) in [7, 11) is 0. The first-order chi connectivity index (χ1) is 8.27. The Hall–Kier alpha value is -1.61. The molecule has 2 aromatic rings. The number of benzene rings is 1. The third-order valence-electron chi connectivity index (χ3n) is 2.93. The topological polar surface area (TPSA) is 43.8 Å². The van der Waals surface area contributed by atoms with Crippen LogP contribution < -0.4 is 5.73 Å². The highest BCUT2D eigenvalue weighted by molar-refractivity contribution is 5.76. The van der Waals surface area contributed by atoms with Gasteiger partial charge in [0.05, 0.1) is 17.1 Å². The molecule has 1 atom stereocenters. The number of aromatic nitrogens is 2. The maximum Gasteiger partial charge on any atom is 0.127 e. The van der Waals surface area contributed by atoms with Crippen molar-refractivity contribution in [2.45, 2.75) is 32.4 Å². The van der Waals surface area contributed by atoms with Crippen LogP contribution in [-0.2, 0) is 6.54 Å². The first-order valence-corrected chi connectivity index (χ1v) is 6.09. The summed E-state index contributed by atoms with van der Waals surface area (Å²) in [6, 6.07) is 8.14. The molecule has 2 N–H and O–H groups in total. The van der Waals surface area contributed by atoms with Gasteiger partial charge in [-0.05, 0) is 18.6 Å². The van der Waals surface area contributed by atoms with E-state index in [0.29, 0.717) is 0 Å². The van der Waals surface area contributed by atoms with Crippen molar-refractivity contribution in [1.29, 1.82) is 0 Å². The molecule has 0 aliphatic heterocycles. The van der Waals surface area contributed by atoms with Gasteiger partial charge in [0.2, 0.25) is 0 Å². The lowest BCUT2D eigenvalue weighted by Crippen LogP contribution is -2.16. The molecule has 0 spiro atoms. The highest BCUT2D eigenvalue weighted by atomic mass is 15.1. The SMILES string of the molecule is C=CCn1c(C(N)CCC)nc2ccccc21. The molecule has 1 unspecified atom stereocenters. The van der Waals surface area contributed by atoms with Crippen LogP contribution in [0.5, 0.6) is 0 Å². The van der Waals surface area contributed by atoms with Gasteiger partial charge in [0.15, 0.2) is 0 Å². The molecule has 3 heteroatoms. The molecule has 0 radical (unpaired) electrons. The van der Waals surface area contributed by atoms with Crippen LogP contribution >= 0.6 is 0 Å². The van der Waals surface area contributed by atoms with Crippen LogP contribution in [-0.4, -0.2) is 9.55 Å². The third kappa shape index (κ3) is 2.24. The fraction of sp³-hybridized carbons (Fsp3) is 0.357. The van der Waals surface area contributed by atoms with E-state index in [1.165, 1.54) is 0 Å². The Bertz CT molecular complexity index is 513. The average Bonchev–Trinajstić information content (AvgIpc) is 2.70. The smallest absolute Gasteiger partial charge is 0.127 e. The van der Waals surface area contributed by atoms with Gasteiger partial charge in [-0.3, -0.25) is 0 Å². The largest absolute Gasteiger partial charge is 0.323 e. The number of para-hydroxylation sites is 2. The summed E-state index contributed by atoms with van der Waals surface area (Å²) in [5.41, 5.74) is 8.33. The Morgan fingerprint density at radius 1 is 1.47 bits per heavy atom. The molecule has 0 saturated carbocycles. The molecule has 1 heterocycles. The Kier molecular flexibility index (Phi) is 3.59. The Balaban J connectivity index is 2.52. The predicted molar refractivity (Wildman–Crippen MR) is 71.8 cm³/mol. The van der Waals surface area contributed by atoms with Crippen LogP contribution in [0.4, 0.5) is 0 Å². The number of nitrogens with two attached hydrogens (primary N) is 1. The first kappa shape index (κ1) is 11.9. The maximum absolute atomic E-state index is 6.18. The number of fused-ring (bicyclic) bond motifs is 1. The standard InChI is InChI=1S/C14H19N3/c1-3-7-11(15)14-16-12-8-5-6-9-13(12)17(14)10-4-2/h4-6,8-9,11H,2-3,7,10,15H2,1H3. The summed E-state index contributed by atoms with van der Waals surface area (Å²) in [5, 5.41) is 0. The molecule has 0 aliphatic rings. The van der Waals surface area contributed by atoms with E-state index in [2.05, 4.69) is 29.1 Å². The summed E-state index contributed by atoms with van der Waals surface area (Å²) in [6.07, 6.45) is 3.91. The predicted octanol–water partition coefficient (Wildman–Crippen LogP) is 3.02. The summed E-state index contributed by atoms with van der Waals surface area (Å²) in [5.74, 6) is 0.966. The first-order valence-electron chi connectivity index (χ1n) is 6.09. The van der Waals surface area contributed by atoms with E-state index in [4.69, 9.17) is 5.73 Å². The van der Waals surface area contributed by atoms with Gasteiger partial charge >= 0.3 is 0 Å². The second-order valence-electron chi connectivity index (χ2n) is 4.25. The molecule has 1 aromatic carbocycles. The Labute approximate surface area is 102 Å². The zero-order valence-corrected chi connectivity index (χ0v) is 10.3. The second-order valence-corrected chi connectivity index (χ2v) is 4.25. The van der Waals surface area contributed by atoms with Gasteiger partial charge in [-0.2, -0.15) is 0 Å². The minimum Gasteiger partial charge on any atom is -0.323 e. The molecule has 2 rings (SSSR count).